The van der Waals surface area contributed by atoms with Gasteiger partial charge >= 0.3 is 6.01 Å². The van der Waals surface area contributed by atoms with Crippen LogP contribution < -0.4 is 19.9 Å². The number of phenols is 1. The molecule has 8 heterocycles. The number of hydrogen-bond acceptors (Lipinski definition) is 9. The molecule has 2 N–H and O–H groups in total. The van der Waals surface area contributed by atoms with E-state index in [-0.39, 0.29) is 23.4 Å². The molecule has 9 nitrogen and oxygen atoms in total. The molecular formula is C32H37ClN6O3. The van der Waals surface area contributed by atoms with Gasteiger partial charge in [0.1, 0.15) is 24.3 Å². The van der Waals surface area contributed by atoms with Crippen LogP contribution in [0, 0.1) is 0 Å². The molecule has 7 aliphatic heterocycles. The predicted octanol–water partition coefficient (Wildman–Crippen LogP) is 4.40. The minimum absolute atomic E-state index is 0.124. The van der Waals surface area contributed by atoms with Gasteiger partial charge in [0.2, 0.25) is 0 Å². The van der Waals surface area contributed by atoms with Crippen LogP contribution in [-0.2, 0) is 11.3 Å². The van der Waals surface area contributed by atoms with Crippen molar-refractivity contribution in [1.82, 2.24) is 20.2 Å². The topological polar surface area (TPSA) is 86.2 Å². The van der Waals surface area contributed by atoms with Crippen molar-refractivity contribution in [2.75, 3.05) is 49.2 Å². The van der Waals surface area contributed by atoms with E-state index in [4.69, 9.17) is 31.0 Å². The number of benzene rings is 2. The molecule has 0 saturated carbocycles. The van der Waals surface area contributed by atoms with E-state index in [9.17, 15) is 5.11 Å². The minimum atomic E-state index is -0.193. The second-order valence-electron chi connectivity index (χ2n) is 13.1. The second kappa shape index (κ2) is 9.58. The van der Waals surface area contributed by atoms with Crippen molar-refractivity contribution < 1.29 is 14.6 Å². The summed E-state index contributed by atoms with van der Waals surface area (Å²) in [6.45, 7) is 5.77. The highest BCUT2D eigenvalue weighted by molar-refractivity contribution is 6.36. The number of rotatable bonds is 4. The molecule has 42 heavy (non-hydrogen) atoms. The number of hydrogen-bond donors (Lipinski definition) is 2. The number of piperidine rings is 2. The number of nitrogens with zero attached hydrogens (tertiary/aromatic N) is 5. The van der Waals surface area contributed by atoms with Crippen molar-refractivity contribution in [2.45, 2.75) is 74.8 Å². The first-order chi connectivity index (χ1) is 20.6. The normalized spacial score (nSPS) is 29.4. The van der Waals surface area contributed by atoms with Gasteiger partial charge in [-0.05, 0) is 69.1 Å². The van der Waals surface area contributed by atoms with Crippen LogP contribution in [0.1, 0.15) is 55.9 Å². The summed E-state index contributed by atoms with van der Waals surface area (Å²) >= 11 is 6.76. The SMILES string of the molecule is Oc1cc(N2Cc3nc(OCC45CCCN4CCC5)nc4c3C(C2)OCC2C3CCC(CN3)N42)c2c(Cl)cccc2c1. The average Bonchev–Trinajstić information content (AvgIpc) is 3.53. The van der Waals surface area contributed by atoms with E-state index in [0.717, 1.165) is 52.9 Å². The van der Waals surface area contributed by atoms with Crippen LogP contribution in [0.25, 0.3) is 10.8 Å². The Morgan fingerprint density at radius 3 is 2.86 bits per heavy atom. The van der Waals surface area contributed by atoms with Crippen LogP contribution in [0.15, 0.2) is 30.3 Å². The lowest BCUT2D eigenvalue weighted by Gasteiger charge is -2.51. The summed E-state index contributed by atoms with van der Waals surface area (Å²) < 4.78 is 13.3. The molecule has 5 fully saturated rings. The molecule has 220 valence electrons. The van der Waals surface area contributed by atoms with Gasteiger partial charge in [-0.2, -0.15) is 9.97 Å². The molecule has 7 aliphatic rings. The maximum Gasteiger partial charge on any atom is 0.318 e. The maximum absolute atomic E-state index is 10.7. The number of halogens is 1. The third-order valence-electron chi connectivity index (χ3n) is 10.9. The standard InChI is InChI=1S/C32H37ClN6O3/c33-22-5-1-4-19-12-21(40)13-25(28(19)22)37-15-24-29-27(16-37)41-17-26-23-7-6-20(14-34-23)39(26)30(29)36-31(35-24)42-18-32-8-2-10-38(32)11-3-9-32/h1,4-5,12-13,20,23,26-27,34,40H,2-3,6-11,14-18H2. The molecule has 3 aromatic rings. The lowest BCUT2D eigenvalue weighted by molar-refractivity contribution is 0.0319. The molecule has 5 saturated heterocycles. The van der Waals surface area contributed by atoms with E-state index >= 15 is 0 Å². The number of nitrogens with one attached hydrogen (secondary N) is 1. The van der Waals surface area contributed by atoms with Gasteiger partial charge in [0.15, 0.2) is 0 Å². The summed E-state index contributed by atoms with van der Waals surface area (Å²) in [4.78, 5) is 17.7. The Hall–Kier alpha value is -2.85. The quantitative estimate of drug-likeness (QED) is 0.461. The first-order valence-corrected chi connectivity index (χ1v) is 16.0. The molecule has 0 spiro atoms. The fourth-order valence-electron chi connectivity index (χ4n) is 8.94. The van der Waals surface area contributed by atoms with Gasteiger partial charge in [-0.25, -0.2) is 0 Å². The van der Waals surface area contributed by atoms with E-state index in [1.54, 1.807) is 6.07 Å². The van der Waals surface area contributed by atoms with Crippen molar-refractivity contribution in [2.24, 2.45) is 0 Å². The smallest absolute Gasteiger partial charge is 0.318 e. The van der Waals surface area contributed by atoms with Crippen LogP contribution in [0.3, 0.4) is 0 Å². The van der Waals surface area contributed by atoms with Crippen molar-refractivity contribution in [1.29, 1.82) is 0 Å². The Labute approximate surface area is 250 Å². The zero-order chi connectivity index (χ0) is 28.0. The van der Waals surface area contributed by atoms with E-state index < -0.39 is 0 Å². The number of anilines is 2. The maximum atomic E-state index is 10.7. The number of phenolic OH excluding ortho intramolecular Hbond substituents is 1. The Bertz CT molecular complexity index is 1550. The van der Waals surface area contributed by atoms with Crippen molar-refractivity contribution in [3.05, 3.63) is 46.6 Å². The van der Waals surface area contributed by atoms with Gasteiger partial charge in [-0.15, -0.1) is 0 Å². The van der Waals surface area contributed by atoms with Crippen LogP contribution in [0.4, 0.5) is 11.5 Å². The zero-order valence-electron chi connectivity index (χ0n) is 23.8. The first kappa shape index (κ1) is 25.6. The summed E-state index contributed by atoms with van der Waals surface area (Å²) in [5.41, 5.74) is 3.06. The van der Waals surface area contributed by atoms with Gasteiger partial charge in [-0.3, -0.25) is 4.90 Å². The molecule has 0 aliphatic carbocycles. The van der Waals surface area contributed by atoms with Crippen LogP contribution >= 0.6 is 11.6 Å². The molecule has 2 bridgehead atoms. The Kier molecular flexibility index (Phi) is 5.84. The lowest BCUT2D eigenvalue weighted by Crippen LogP contribution is -2.68. The Balaban J connectivity index is 1.14. The molecule has 10 rings (SSSR count). The summed E-state index contributed by atoms with van der Waals surface area (Å²) in [6.07, 6.45) is 6.97. The van der Waals surface area contributed by atoms with Gasteiger partial charge in [-0.1, -0.05) is 23.7 Å². The highest BCUT2D eigenvalue weighted by Gasteiger charge is 2.49. The van der Waals surface area contributed by atoms with Gasteiger partial charge in [0.25, 0.3) is 0 Å². The van der Waals surface area contributed by atoms with Gasteiger partial charge in [0.05, 0.1) is 41.1 Å². The van der Waals surface area contributed by atoms with E-state index in [0.29, 0.717) is 49.4 Å². The van der Waals surface area contributed by atoms with E-state index in [2.05, 4.69) is 20.0 Å². The fourth-order valence-corrected chi connectivity index (χ4v) is 9.22. The third-order valence-corrected chi connectivity index (χ3v) is 11.2. The van der Waals surface area contributed by atoms with Gasteiger partial charge in [0, 0.05) is 42.2 Å². The molecule has 2 aromatic carbocycles. The number of aromatic nitrogens is 2. The molecule has 0 amide bonds. The van der Waals surface area contributed by atoms with Gasteiger partial charge < -0.3 is 29.7 Å². The number of aromatic hydroxyl groups is 1. The highest BCUT2D eigenvalue weighted by Crippen LogP contribution is 2.47. The third kappa shape index (κ3) is 3.86. The molecule has 4 atom stereocenters. The first-order valence-electron chi connectivity index (χ1n) is 15.6. The summed E-state index contributed by atoms with van der Waals surface area (Å²) in [5, 5.41) is 16.9. The molecular weight excluding hydrogens is 552 g/mol. The Morgan fingerprint density at radius 2 is 2.02 bits per heavy atom. The monoisotopic (exact) mass is 588 g/mol. The zero-order valence-corrected chi connectivity index (χ0v) is 24.5. The molecule has 4 unspecified atom stereocenters. The molecule has 0 radical (unpaired) electrons. The van der Waals surface area contributed by atoms with E-state index in [1.807, 2.05) is 24.3 Å². The Morgan fingerprint density at radius 1 is 1.14 bits per heavy atom. The largest absolute Gasteiger partial charge is 0.508 e. The highest BCUT2D eigenvalue weighted by atomic mass is 35.5. The molecule has 10 heteroatoms. The number of piperazine rings is 1. The number of ether oxygens (including phenoxy) is 2. The van der Waals surface area contributed by atoms with Crippen molar-refractivity contribution in [3.8, 4) is 11.8 Å². The van der Waals surface area contributed by atoms with Crippen LogP contribution in [-0.4, -0.2) is 83.0 Å². The lowest BCUT2D eigenvalue weighted by atomic mass is 9.86. The summed E-state index contributed by atoms with van der Waals surface area (Å²) in [6, 6.07) is 10.9. The fraction of sp³-hybridized carbons (Fsp3) is 0.562. The van der Waals surface area contributed by atoms with Crippen molar-refractivity contribution in [3.63, 3.8) is 0 Å². The minimum Gasteiger partial charge on any atom is -0.508 e. The average molecular weight is 589 g/mol. The van der Waals surface area contributed by atoms with Crippen LogP contribution in [0.2, 0.25) is 5.02 Å². The molecule has 1 aromatic heterocycles. The summed E-state index contributed by atoms with van der Waals surface area (Å²) in [7, 11) is 0. The van der Waals surface area contributed by atoms with Crippen LogP contribution in [0.5, 0.6) is 11.8 Å². The summed E-state index contributed by atoms with van der Waals surface area (Å²) in [5.74, 6) is 1.22. The second-order valence-corrected chi connectivity index (χ2v) is 13.5. The number of fused-ring (bicyclic) bond motifs is 4. The predicted molar refractivity (Wildman–Crippen MR) is 162 cm³/mol. The van der Waals surface area contributed by atoms with Crippen molar-refractivity contribution >= 4 is 33.9 Å². The van der Waals surface area contributed by atoms with E-state index in [1.165, 1.54) is 38.8 Å².